The minimum atomic E-state index is 0.0519. The third kappa shape index (κ3) is 5.05. The molecule has 0 saturated carbocycles. The first-order valence-electron chi connectivity index (χ1n) is 9.32. The topological polar surface area (TPSA) is 50.2 Å². The minimum Gasteiger partial charge on any atom is -0.355 e. The highest BCUT2D eigenvalue weighted by Crippen LogP contribution is 2.24. The van der Waals surface area contributed by atoms with E-state index in [1.165, 1.54) is 0 Å². The van der Waals surface area contributed by atoms with Crippen LogP contribution in [0.5, 0.6) is 0 Å². The van der Waals surface area contributed by atoms with Crippen LogP contribution in [0.2, 0.25) is 0 Å². The van der Waals surface area contributed by atoms with Gasteiger partial charge in [0.1, 0.15) is 0 Å². The molecule has 0 unspecified atom stereocenters. The molecule has 0 fully saturated rings. The van der Waals surface area contributed by atoms with Crippen LogP contribution in [0.3, 0.4) is 0 Å². The van der Waals surface area contributed by atoms with Crippen molar-refractivity contribution < 1.29 is 4.79 Å². The van der Waals surface area contributed by atoms with Crippen molar-refractivity contribution in [2.24, 2.45) is 0 Å². The Balaban J connectivity index is 1.84. The van der Waals surface area contributed by atoms with Crippen LogP contribution in [-0.2, 0) is 11.3 Å². The number of para-hydroxylation sites is 1. The number of likely N-dealkylation sites (N-methyl/N-ethyl adjacent to an activating group) is 1. The lowest BCUT2D eigenvalue weighted by Gasteiger charge is -2.16. The predicted octanol–water partition coefficient (Wildman–Crippen LogP) is 3.50. The van der Waals surface area contributed by atoms with Crippen LogP contribution in [0.4, 0.5) is 0 Å². The van der Waals surface area contributed by atoms with Gasteiger partial charge in [0.25, 0.3) is 0 Å². The van der Waals surface area contributed by atoms with Crippen molar-refractivity contribution in [2.75, 3.05) is 20.1 Å². The molecule has 0 radical (unpaired) electrons. The van der Waals surface area contributed by atoms with Gasteiger partial charge in [-0.15, -0.1) is 0 Å². The fourth-order valence-electron chi connectivity index (χ4n) is 2.99. The minimum absolute atomic E-state index is 0.0519. The largest absolute Gasteiger partial charge is 0.355 e. The van der Waals surface area contributed by atoms with Gasteiger partial charge >= 0.3 is 0 Å². The average Bonchev–Trinajstić information content (AvgIpc) is 3.11. The molecule has 1 aromatic heterocycles. The molecule has 3 rings (SSSR count). The smallest absolute Gasteiger partial charge is 0.234 e. The van der Waals surface area contributed by atoms with E-state index in [1.54, 1.807) is 0 Å². The summed E-state index contributed by atoms with van der Waals surface area (Å²) in [7, 11) is 1.96. The number of hydrogen-bond acceptors (Lipinski definition) is 3. The summed E-state index contributed by atoms with van der Waals surface area (Å²) in [6.45, 7) is 3.78. The number of carbonyl (C=O) groups is 1. The van der Waals surface area contributed by atoms with E-state index in [4.69, 9.17) is 5.10 Å². The van der Waals surface area contributed by atoms with Gasteiger partial charge in [-0.05, 0) is 25.6 Å². The number of nitrogens with zero attached hydrogens (tertiary/aromatic N) is 3. The van der Waals surface area contributed by atoms with Gasteiger partial charge in [-0.2, -0.15) is 5.10 Å². The summed E-state index contributed by atoms with van der Waals surface area (Å²) in [6.07, 6.45) is 3.00. The van der Waals surface area contributed by atoms with Crippen molar-refractivity contribution in [1.29, 1.82) is 0 Å². The van der Waals surface area contributed by atoms with Gasteiger partial charge in [0.2, 0.25) is 5.91 Å². The molecule has 2 aromatic carbocycles. The van der Waals surface area contributed by atoms with E-state index >= 15 is 0 Å². The van der Waals surface area contributed by atoms with E-state index in [-0.39, 0.29) is 5.91 Å². The van der Waals surface area contributed by atoms with Crippen molar-refractivity contribution in [3.8, 4) is 16.9 Å². The average molecular weight is 362 g/mol. The van der Waals surface area contributed by atoms with Gasteiger partial charge in [0, 0.05) is 30.4 Å². The van der Waals surface area contributed by atoms with Gasteiger partial charge < -0.3 is 5.32 Å². The zero-order chi connectivity index (χ0) is 19.1. The molecule has 0 spiro atoms. The number of hydrogen-bond donors (Lipinski definition) is 1. The predicted molar refractivity (Wildman–Crippen MR) is 109 cm³/mol. The molecule has 3 aromatic rings. The molecule has 0 bridgehead atoms. The Morgan fingerprint density at radius 3 is 2.41 bits per heavy atom. The molecule has 1 heterocycles. The molecule has 27 heavy (non-hydrogen) atoms. The number of carbonyl (C=O) groups excluding carboxylic acids is 1. The summed E-state index contributed by atoms with van der Waals surface area (Å²) in [5, 5.41) is 7.75. The number of aromatic nitrogens is 2. The molecule has 1 N–H and O–H groups in total. The highest BCUT2D eigenvalue weighted by Gasteiger charge is 2.15. The second kappa shape index (κ2) is 9.14. The van der Waals surface area contributed by atoms with Crippen molar-refractivity contribution >= 4 is 5.91 Å². The van der Waals surface area contributed by atoms with Crippen LogP contribution in [0.15, 0.2) is 66.9 Å². The molecule has 5 heteroatoms. The maximum Gasteiger partial charge on any atom is 0.234 e. The number of amides is 1. The van der Waals surface area contributed by atoms with Crippen LogP contribution in [-0.4, -0.2) is 40.7 Å². The van der Waals surface area contributed by atoms with Gasteiger partial charge in [0.05, 0.1) is 17.9 Å². The Hall–Kier alpha value is -2.92. The Bertz CT molecular complexity index is 859. The fraction of sp³-hybridized carbons (Fsp3) is 0.273. The zero-order valence-electron chi connectivity index (χ0n) is 15.9. The fourth-order valence-corrected chi connectivity index (χ4v) is 2.99. The molecule has 0 aliphatic rings. The lowest BCUT2D eigenvalue weighted by Crippen LogP contribution is -2.35. The van der Waals surface area contributed by atoms with Gasteiger partial charge in [0.15, 0.2) is 0 Å². The molecule has 5 nitrogen and oxygen atoms in total. The van der Waals surface area contributed by atoms with E-state index in [9.17, 15) is 4.79 Å². The van der Waals surface area contributed by atoms with Crippen molar-refractivity contribution in [1.82, 2.24) is 20.0 Å². The third-order valence-electron chi connectivity index (χ3n) is 4.28. The summed E-state index contributed by atoms with van der Waals surface area (Å²) in [6, 6.07) is 20.2. The molecular weight excluding hydrogens is 336 g/mol. The first-order chi connectivity index (χ1) is 13.2. The standard InChI is InChI=1S/C22H26N4O/c1-3-14-23-21(27)17-25(2)15-19-16-26(20-12-8-5-9-13-20)24-22(19)18-10-6-4-7-11-18/h4-13,16H,3,14-15,17H2,1-2H3,(H,23,27). The summed E-state index contributed by atoms with van der Waals surface area (Å²) in [4.78, 5) is 14.0. The number of rotatable bonds is 8. The van der Waals surface area contributed by atoms with E-state index in [0.29, 0.717) is 19.6 Å². The van der Waals surface area contributed by atoms with Crippen molar-refractivity contribution in [3.05, 3.63) is 72.4 Å². The Labute approximate surface area is 160 Å². The Kier molecular flexibility index (Phi) is 6.39. The molecule has 140 valence electrons. The normalized spacial score (nSPS) is 10.9. The second-order valence-corrected chi connectivity index (χ2v) is 6.67. The molecular formula is C22H26N4O. The molecule has 0 saturated heterocycles. The Morgan fingerprint density at radius 2 is 1.74 bits per heavy atom. The maximum absolute atomic E-state index is 12.0. The van der Waals surface area contributed by atoms with Crippen molar-refractivity contribution in [3.63, 3.8) is 0 Å². The molecule has 0 aliphatic heterocycles. The lowest BCUT2D eigenvalue weighted by molar-refractivity contribution is -0.122. The van der Waals surface area contributed by atoms with Gasteiger partial charge in [-0.25, -0.2) is 4.68 Å². The van der Waals surface area contributed by atoms with Crippen molar-refractivity contribution in [2.45, 2.75) is 19.9 Å². The number of benzene rings is 2. The van der Waals surface area contributed by atoms with E-state index in [1.807, 2.05) is 72.1 Å². The maximum atomic E-state index is 12.0. The third-order valence-corrected chi connectivity index (χ3v) is 4.28. The summed E-state index contributed by atoms with van der Waals surface area (Å²) >= 11 is 0. The van der Waals surface area contributed by atoms with Crippen LogP contribution in [0.25, 0.3) is 16.9 Å². The van der Waals surface area contributed by atoms with Crippen LogP contribution in [0.1, 0.15) is 18.9 Å². The zero-order valence-corrected chi connectivity index (χ0v) is 15.9. The van der Waals surface area contributed by atoms with Gasteiger partial charge in [-0.1, -0.05) is 55.5 Å². The number of nitrogens with one attached hydrogen (secondary N) is 1. The highest BCUT2D eigenvalue weighted by atomic mass is 16.2. The SMILES string of the molecule is CCCNC(=O)CN(C)Cc1cn(-c2ccccc2)nc1-c1ccccc1. The first kappa shape index (κ1) is 18.9. The van der Waals surface area contributed by atoms with E-state index < -0.39 is 0 Å². The highest BCUT2D eigenvalue weighted by molar-refractivity contribution is 5.78. The van der Waals surface area contributed by atoms with E-state index in [2.05, 4.69) is 23.6 Å². The summed E-state index contributed by atoms with van der Waals surface area (Å²) in [5.74, 6) is 0.0519. The summed E-state index contributed by atoms with van der Waals surface area (Å²) < 4.78 is 1.91. The van der Waals surface area contributed by atoms with E-state index in [0.717, 1.165) is 28.9 Å². The summed E-state index contributed by atoms with van der Waals surface area (Å²) in [5.41, 5.74) is 4.13. The van der Waals surface area contributed by atoms with Gasteiger partial charge in [-0.3, -0.25) is 9.69 Å². The monoisotopic (exact) mass is 362 g/mol. The Morgan fingerprint density at radius 1 is 1.07 bits per heavy atom. The quantitative estimate of drug-likeness (QED) is 0.667. The molecule has 0 atom stereocenters. The first-order valence-corrected chi connectivity index (χ1v) is 9.32. The molecule has 1 amide bonds. The van der Waals surface area contributed by atoms with Crippen LogP contribution >= 0.6 is 0 Å². The second-order valence-electron chi connectivity index (χ2n) is 6.67. The lowest BCUT2D eigenvalue weighted by atomic mass is 10.1. The van der Waals surface area contributed by atoms with Crippen LogP contribution in [0, 0.1) is 0 Å². The van der Waals surface area contributed by atoms with Crippen LogP contribution < -0.4 is 5.32 Å². The molecule has 0 aliphatic carbocycles.